The van der Waals surface area contributed by atoms with Gasteiger partial charge in [0.05, 0.1) is 25.3 Å². The van der Waals surface area contributed by atoms with E-state index >= 15 is 0 Å². The SMILES string of the molecule is CC[C@H](C)[C@@H]1NC(=O)CNC(=O)[C@H](CCN)NC(=O)[C@@H](NC(=O)[C@H](CCN)NC(=O)[C@@H](NC(=O)[C@@H](N)CCN)[C@@H](C)O)CCNC(=O)[C@H](CO)NC(=O)[C@H](CCN)NC(=O)[C@H](CCN)NC1=O. The van der Waals surface area contributed by atoms with Crippen LogP contribution in [0, 0.1) is 5.92 Å². The highest BCUT2D eigenvalue weighted by Crippen LogP contribution is 2.10. The summed E-state index contributed by atoms with van der Waals surface area (Å²) in [7, 11) is 0. The quantitative estimate of drug-likeness (QED) is 0.0539. The second-order valence-corrected chi connectivity index (χ2v) is 16.0. The summed E-state index contributed by atoms with van der Waals surface area (Å²) in [5, 5.41) is 44.8. The Morgan fingerprint density at radius 3 is 1.66 bits per heavy atom. The first kappa shape index (κ1) is 59.4. The van der Waals surface area contributed by atoms with Crippen LogP contribution in [0.25, 0.3) is 0 Å². The Kier molecular flexibility index (Phi) is 27.8. The van der Waals surface area contributed by atoms with Crippen LogP contribution in [0.4, 0.5) is 0 Å². The summed E-state index contributed by atoms with van der Waals surface area (Å²) < 4.78 is 0. The van der Waals surface area contributed by atoms with Gasteiger partial charge in [-0.15, -0.1) is 0 Å². The van der Waals surface area contributed by atoms with Crippen LogP contribution in [0.1, 0.15) is 65.7 Å². The molecule has 1 saturated heterocycles. The third kappa shape index (κ3) is 20.4. The Balaban J connectivity index is 3.67. The number of nitrogens with two attached hydrogens (primary N) is 6. The number of hydrogen-bond donors (Lipinski definition) is 18. The molecule has 1 fully saturated rings. The van der Waals surface area contributed by atoms with Crippen molar-refractivity contribution in [2.45, 2.75) is 126 Å². The smallest absolute Gasteiger partial charge is 0.245 e. The molecular weight excluding hydrogens is 885 g/mol. The first-order chi connectivity index (χ1) is 31.7. The van der Waals surface area contributed by atoms with E-state index in [1.165, 1.54) is 6.92 Å². The fraction of sp³-hybridized carbons (Fsp3) is 0.744. The summed E-state index contributed by atoms with van der Waals surface area (Å²) in [6.07, 6.45) is -2.13. The zero-order valence-corrected chi connectivity index (χ0v) is 38.4. The third-order valence-corrected chi connectivity index (χ3v) is 10.6. The third-order valence-electron chi connectivity index (χ3n) is 10.6. The summed E-state index contributed by atoms with van der Waals surface area (Å²) in [4.78, 5) is 134. The van der Waals surface area contributed by atoms with E-state index < -0.39 is 152 Å². The number of carbonyl (C=O) groups excluding carboxylic acids is 10. The van der Waals surface area contributed by atoms with Crippen molar-refractivity contribution < 1.29 is 58.2 Å². The van der Waals surface area contributed by atoms with Gasteiger partial charge in [0.25, 0.3) is 0 Å². The number of aliphatic hydroxyl groups excluding tert-OH is 2. The maximum absolute atomic E-state index is 13.9. The molecule has 28 nitrogen and oxygen atoms in total. The summed E-state index contributed by atoms with van der Waals surface area (Å²) in [5.41, 5.74) is 34.2. The molecule has 0 radical (unpaired) electrons. The number of rotatable bonds is 20. The molecule has 1 aliphatic rings. The summed E-state index contributed by atoms with van der Waals surface area (Å²) in [6.45, 7) is 2.04. The minimum absolute atomic E-state index is 0.0535. The van der Waals surface area contributed by atoms with Crippen LogP contribution in [0.5, 0.6) is 0 Å². The van der Waals surface area contributed by atoms with E-state index in [0.717, 1.165) is 0 Å². The number of amides is 10. The average Bonchev–Trinajstić information content (AvgIpc) is 3.28. The molecule has 11 atom stereocenters. The van der Waals surface area contributed by atoms with Crippen molar-refractivity contribution in [3.63, 3.8) is 0 Å². The van der Waals surface area contributed by atoms with E-state index in [1.54, 1.807) is 13.8 Å². The Bertz CT molecular complexity index is 1680. The van der Waals surface area contributed by atoms with Crippen molar-refractivity contribution in [2.24, 2.45) is 40.3 Å². The monoisotopic (exact) mass is 959 g/mol. The van der Waals surface area contributed by atoms with Crippen molar-refractivity contribution in [1.82, 2.24) is 53.2 Å². The van der Waals surface area contributed by atoms with Gasteiger partial charge in [0, 0.05) is 6.54 Å². The standard InChI is InChI=1S/C39H74N16O12/c1-4-19(2)29-38(66)51-24(8-14-43)34(62)49-23(7-13-42)36(64)53-27(18-56)33(61)46-16-10-26(37(65)48-22(6-12-41)32(60)47-17-28(58)54-29)50-35(63)25(9-15-44)52-39(67)30(20(3)57)55-31(59)21(45)5-11-40/h19-27,29-30,56-57H,4-18,40-45H2,1-3H3,(H,46,61)(H,47,60)(H,48,65)(H,49,62)(H,50,63)(H,51,66)(H,52,67)(H,53,64)(H,54,58)(H,55,59)/t19-,20+,21-,22-,23-,24-,25-,26-,27-,29-,30-/m0/s1. The van der Waals surface area contributed by atoms with Crippen molar-refractivity contribution in [1.29, 1.82) is 0 Å². The van der Waals surface area contributed by atoms with Gasteiger partial charge in [-0.25, -0.2) is 0 Å². The van der Waals surface area contributed by atoms with Gasteiger partial charge in [-0.2, -0.15) is 0 Å². The van der Waals surface area contributed by atoms with Gasteiger partial charge in [-0.3, -0.25) is 47.9 Å². The van der Waals surface area contributed by atoms with E-state index in [-0.39, 0.29) is 64.8 Å². The molecule has 0 unspecified atom stereocenters. The van der Waals surface area contributed by atoms with Crippen LogP contribution < -0.4 is 87.6 Å². The Labute approximate surface area is 388 Å². The molecule has 1 aliphatic heterocycles. The van der Waals surface area contributed by atoms with E-state index in [1.807, 2.05) is 0 Å². The van der Waals surface area contributed by atoms with E-state index in [4.69, 9.17) is 34.4 Å². The van der Waals surface area contributed by atoms with Crippen molar-refractivity contribution >= 4 is 59.1 Å². The molecule has 10 amide bonds. The normalized spacial score (nSPS) is 24.3. The molecule has 1 rings (SSSR count). The molecule has 0 aromatic rings. The average molecular weight is 959 g/mol. The van der Waals surface area contributed by atoms with Crippen LogP contribution in [-0.4, -0.2) is 182 Å². The highest BCUT2D eigenvalue weighted by molar-refractivity contribution is 5.98. The fourth-order valence-electron chi connectivity index (χ4n) is 6.47. The lowest BCUT2D eigenvalue weighted by atomic mass is 9.97. The van der Waals surface area contributed by atoms with Crippen LogP contribution in [0.3, 0.4) is 0 Å². The summed E-state index contributed by atoms with van der Waals surface area (Å²) >= 11 is 0. The van der Waals surface area contributed by atoms with Crippen molar-refractivity contribution in [3.05, 3.63) is 0 Å². The molecule has 0 spiro atoms. The van der Waals surface area contributed by atoms with Gasteiger partial charge in [-0.05, 0) is 84.1 Å². The van der Waals surface area contributed by atoms with Gasteiger partial charge >= 0.3 is 0 Å². The molecule has 0 aromatic carbocycles. The molecule has 0 aliphatic carbocycles. The first-order valence-corrected chi connectivity index (χ1v) is 22.3. The summed E-state index contributed by atoms with van der Waals surface area (Å²) in [6, 6.07) is -12.8. The minimum atomic E-state index is -1.62. The second-order valence-electron chi connectivity index (χ2n) is 16.0. The largest absolute Gasteiger partial charge is 0.394 e. The Morgan fingerprint density at radius 1 is 0.642 bits per heavy atom. The second kappa shape index (κ2) is 31.4. The van der Waals surface area contributed by atoms with Gasteiger partial charge < -0.3 is 97.8 Å². The topological polar surface area (TPSA) is 488 Å². The summed E-state index contributed by atoms with van der Waals surface area (Å²) in [5.74, 6) is -9.61. The molecule has 24 N–H and O–H groups in total. The predicted molar refractivity (Wildman–Crippen MR) is 241 cm³/mol. The lowest BCUT2D eigenvalue weighted by Crippen LogP contribution is -2.61. The molecule has 1 heterocycles. The van der Waals surface area contributed by atoms with E-state index in [0.29, 0.717) is 6.42 Å². The van der Waals surface area contributed by atoms with Crippen LogP contribution in [0.2, 0.25) is 0 Å². The zero-order valence-electron chi connectivity index (χ0n) is 38.4. The van der Waals surface area contributed by atoms with Crippen molar-refractivity contribution in [3.8, 4) is 0 Å². The maximum Gasteiger partial charge on any atom is 0.245 e. The van der Waals surface area contributed by atoms with Gasteiger partial charge in [0.15, 0.2) is 0 Å². The lowest BCUT2D eigenvalue weighted by molar-refractivity contribution is -0.136. The van der Waals surface area contributed by atoms with Crippen LogP contribution in [0.15, 0.2) is 0 Å². The van der Waals surface area contributed by atoms with Crippen LogP contribution in [-0.2, 0) is 47.9 Å². The minimum Gasteiger partial charge on any atom is -0.394 e. The predicted octanol–water partition coefficient (Wildman–Crippen LogP) is -10.0. The van der Waals surface area contributed by atoms with Gasteiger partial charge in [-0.1, -0.05) is 20.3 Å². The number of aliphatic hydroxyl groups is 2. The van der Waals surface area contributed by atoms with Gasteiger partial charge in [0.2, 0.25) is 59.1 Å². The lowest BCUT2D eigenvalue weighted by Gasteiger charge is -2.28. The first-order valence-electron chi connectivity index (χ1n) is 22.3. The highest BCUT2D eigenvalue weighted by atomic mass is 16.3. The molecule has 382 valence electrons. The van der Waals surface area contributed by atoms with Crippen molar-refractivity contribution in [2.75, 3.05) is 52.4 Å². The van der Waals surface area contributed by atoms with Crippen LogP contribution >= 0.6 is 0 Å². The molecule has 0 aromatic heterocycles. The van der Waals surface area contributed by atoms with Gasteiger partial charge in [0.1, 0.15) is 48.3 Å². The zero-order chi connectivity index (χ0) is 50.8. The molecule has 28 heteroatoms. The molecule has 0 saturated carbocycles. The number of hydrogen-bond acceptors (Lipinski definition) is 18. The number of nitrogens with one attached hydrogen (secondary N) is 10. The Hall–Kier alpha value is -5.62. The molecular formula is C39H74N16O12. The number of carbonyl (C=O) groups is 10. The Morgan fingerprint density at radius 2 is 1.15 bits per heavy atom. The van der Waals surface area contributed by atoms with E-state index in [2.05, 4.69) is 53.2 Å². The highest BCUT2D eigenvalue weighted by Gasteiger charge is 2.35. The molecule has 67 heavy (non-hydrogen) atoms. The molecule has 0 bridgehead atoms. The fourth-order valence-corrected chi connectivity index (χ4v) is 6.47. The maximum atomic E-state index is 13.9. The van der Waals surface area contributed by atoms with E-state index in [9.17, 15) is 58.2 Å².